The average Bonchev–Trinajstić information content (AvgIpc) is 3.37. The molecule has 2 atom stereocenters. The van der Waals surface area contributed by atoms with Crippen molar-refractivity contribution in [3.05, 3.63) is 89.0 Å². The van der Waals surface area contributed by atoms with E-state index in [1.807, 2.05) is 24.3 Å². The van der Waals surface area contributed by atoms with Crippen molar-refractivity contribution in [2.75, 3.05) is 13.7 Å². The summed E-state index contributed by atoms with van der Waals surface area (Å²) in [5.74, 6) is -3.02. The second kappa shape index (κ2) is 9.29. The van der Waals surface area contributed by atoms with Crippen molar-refractivity contribution in [1.82, 2.24) is 4.90 Å². The summed E-state index contributed by atoms with van der Waals surface area (Å²) < 4.78 is 39.0. The van der Waals surface area contributed by atoms with E-state index >= 15 is 0 Å². The maximum Gasteiger partial charge on any atom is 0.410 e. The number of ketones is 1. The number of amides is 1. The van der Waals surface area contributed by atoms with E-state index in [1.165, 1.54) is 18.2 Å². The largest absolute Gasteiger partial charge is 0.491 e. The summed E-state index contributed by atoms with van der Waals surface area (Å²) in [5, 5.41) is 0. The van der Waals surface area contributed by atoms with Crippen LogP contribution in [0.5, 0.6) is 5.75 Å². The van der Waals surface area contributed by atoms with E-state index in [0.29, 0.717) is 12.8 Å². The van der Waals surface area contributed by atoms with Crippen LogP contribution in [0.1, 0.15) is 53.1 Å². The second-order valence-electron chi connectivity index (χ2n) is 10.1. The molecule has 0 aromatic heterocycles. The first kappa shape index (κ1) is 23.6. The number of carbonyl (C=O) groups excluding carboxylic acids is 2. The highest BCUT2D eigenvalue weighted by atomic mass is 19.1. The summed E-state index contributed by atoms with van der Waals surface area (Å²) in [5.41, 5.74) is 4.65. The van der Waals surface area contributed by atoms with E-state index in [0.717, 1.165) is 36.1 Å². The number of hydrogen-bond acceptors (Lipinski definition) is 4. The molecule has 3 aromatic rings. The summed E-state index contributed by atoms with van der Waals surface area (Å²) in [6.07, 6.45) is 2.11. The fourth-order valence-corrected chi connectivity index (χ4v) is 6.49. The van der Waals surface area contributed by atoms with Gasteiger partial charge in [0.1, 0.15) is 6.61 Å². The minimum Gasteiger partial charge on any atom is -0.491 e. The molecule has 0 N–H and O–H groups in total. The van der Waals surface area contributed by atoms with Crippen LogP contribution in [-0.4, -0.2) is 42.6 Å². The average molecular weight is 504 g/mol. The smallest absolute Gasteiger partial charge is 0.410 e. The van der Waals surface area contributed by atoms with Crippen LogP contribution in [0.3, 0.4) is 0 Å². The molecule has 7 heteroatoms. The van der Waals surface area contributed by atoms with Gasteiger partial charge in [0, 0.05) is 29.5 Å². The predicted octanol–water partition coefficient (Wildman–Crippen LogP) is 6.35. The lowest BCUT2D eigenvalue weighted by Gasteiger charge is -2.37. The number of Topliss-reactive ketones (excluding diaryl/α,β-unsaturated/α-hetero) is 1. The number of fused-ring (bicyclic) bond motifs is 5. The molecular weight excluding hydrogens is 476 g/mol. The minimum absolute atomic E-state index is 0.00482. The maximum atomic E-state index is 14.2. The molecule has 190 valence electrons. The van der Waals surface area contributed by atoms with E-state index in [-0.39, 0.29) is 42.0 Å². The van der Waals surface area contributed by atoms with Crippen molar-refractivity contribution < 1.29 is 27.8 Å². The van der Waals surface area contributed by atoms with Gasteiger partial charge in [0.15, 0.2) is 23.2 Å². The Labute approximate surface area is 214 Å². The van der Waals surface area contributed by atoms with Gasteiger partial charge in [-0.05, 0) is 60.1 Å². The molecular formula is C30H27F2NO4. The van der Waals surface area contributed by atoms with Gasteiger partial charge in [-0.3, -0.25) is 4.79 Å². The zero-order valence-electron chi connectivity index (χ0n) is 20.5. The molecule has 37 heavy (non-hydrogen) atoms. The Morgan fingerprint density at radius 1 is 0.892 bits per heavy atom. The third kappa shape index (κ3) is 3.97. The second-order valence-corrected chi connectivity index (χ2v) is 10.1. The molecule has 2 bridgehead atoms. The van der Waals surface area contributed by atoms with Crippen molar-refractivity contribution in [1.29, 1.82) is 0 Å². The number of piperidine rings is 1. The Morgan fingerprint density at radius 3 is 1.97 bits per heavy atom. The number of hydrogen-bond donors (Lipinski definition) is 0. The van der Waals surface area contributed by atoms with Gasteiger partial charge in [0.2, 0.25) is 0 Å². The first-order chi connectivity index (χ1) is 18.0. The van der Waals surface area contributed by atoms with E-state index in [2.05, 4.69) is 24.3 Å². The Balaban J connectivity index is 1.14. The van der Waals surface area contributed by atoms with E-state index in [9.17, 15) is 18.4 Å². The van der Waals surface area contributed by atoms with Gasteiger partial charge < -0.3 is 14.4 Å². The first-order valence-electron chi connectivity index (χ1n) is 12.7. The van der Waals surface area contributed by atoms with Crippen LogP contribution in [0.4, 0.5) is 13.6 Å². The predicted molar refractivity (Wildman–Crippen MR) is 134 cm³/mol. The van der Waals surface area contributed by atoms with Crippen molar-refractivity contribution in [3.63, 3.8) is 0 Å². The summed E-state index contributed by atoms with van der Waals surface area (Å²) in [6, 6.07) is 18.2. The standard InChI is InChI=1S/C30H27F2NO4/c1-36-29-26(31)14-18(15-27(29)32)28(34)17-12-19-10-11-20(13-17)33(19)30(35)37-16-25-23-8-4-2-6-21(23)22-7-3-5-9-24(22)25/h2-9,14-15,17,19-20,25H,10-13,16H2,1H3. The molecule has 6 rings (SSSR count). The van der Waals surface area contributed by atoms with Gasteiger partial charge in [-0.1, -0.05) is 48.5 Å². The number of methoxy groups -OCH3 is 1. The monoisotopic (exact) mass is 503 g/mol. The summed E-state index contributed by atoms with van der Waals surface area (Å²) in [7, 11) is 1.18. The van der Waals surface area contributed by atoms with Gasteiger partial charge >= 0.3 is 6.09 Å². The summed E-state index contributed by atoms with van der Waals surface area (Å²) >= 11 is 0. The minimum atomic E-state index is -0.898. The van der Waals surface area contributed by atoms with E-state index in [1.54, 1.807) is 4.90 Å². The Kier molecular flexibility index (Phi) is 5.94. The van der Waals surface area contributed by atoms with Crippen molar-refractivity contribution in [2.24, 2.45) is 5.92 Å². The number of halogens is 2. The van der Waals surface area contributed by atoms with Crippen LogP contribution in [0, 0.1) is 17.6 Å². The zero-order chi connectivity index (χ0) is 25.7. The number of benzene rings is 3. The summed E-state index contributed by atoms with van der Waals surface area (Å²) in [6.45, 7) is 0.246. The lowest BCUT2D eigenvalue weighted by Crippen LogP contribution is -2.48. The fourth-order valence-electron chi connectivity index (χ4n) is 6.49. The SMILES string of the molecule is COc1c(F)cc(C(=O)C2CC3CCC(C2)N3C(=O)OCC2c3ccccc3-c3ccccc32)cc1F. The van der Waals surface area contributed by atoms with Crippen molar-refractivity contribution in [2.45, 2.75) is 43.7 Å². The molecule has 2 saturated heterocycles. The van der Waals surface area contributed by atoms with Gasteiger partial charge in [-0.15, -0.1) is 0 Å². The lowest BCUT2D eigenvalue weighted by atomic mass is 9.85. The topological polar surface area (TPSA) is 55.8 Å². The third-order valence-corrected chi connectivity index (χ3v) is 8.14. The molecule has 3 aromatic carbocycles. The normalized spacial score (nSPS) is 21.9. The first-order valence-corrected chi connectivity index (χ1v) is 12.7. The molecule has 2 aliphatic heterocycles. The number of rotatable bonds is 5. The number of nitrogens with zero attached hydrogens (tertiary/aromatic N) is 1. The number of ether oxygens (including phenoxy) is 2. The van der Waals surface area contributed by atoms with Gasteiger partial charge in [-0.25, -0.2) is 13.6 Å². The molecule has 0 spiro atoms. The van der Waals surface area contributed by atoms with Crippen LogP contribution in [0.25, 0.3) is 11.1 Å². The maximum absolute atomic E-state index is 14.2. The van der Waals surface area contributed by atoms with Crippen LogP contribution < -0.4 is 4.74 Å². The molecule has 1 aliphatic carbocycles. The van der Waals surface area contributed by atoms with Gasteiger partial charge in [0.05, 0.1) is 7.11 Å². The fraction of sp³-hybridized carbons (Fsp3) is 0.333. The molecule has 5 nitrogen and oxygen atoms in total. The van der Waals surface area contributed by atoms with Crippen LogP contribution in [-0.2, 0) is 4.74 Å². The quantitative estimate of drug-likeness (QED) is 0.381. The van der Waals surface area contributed by atoms with Crippen LogP contribution in [0.2, 0.25) is 0 Å². The highest BCUT2D eigenvalue weighted by Crippen LogP contribution is 2.45. The molecule has 3 aliphatic rings. The zero-order valence-corrected chi connectivity index (χ0v) is 20.5. The highest BCUT2D eigenvalue weighted by Gasteiger charge is 2.46. The highest BCUT2D eigenvalue weighted by molar-refractivity contribution is 5.98. The molecule has 0 radical (unpaired) electrons. The van der Waals surface area contributed by atoms with Gasteiger partial charge in [-0.2, -0.15) is 0 Å². The van der Waals surface area contributed by atoms with Crippen LogP contribution in [0.15, 0.2) is 60.7 Å². The Morgan fingerprint density at radius 2 is 1.43 bits per heavy atom. The Bertz CT molecular complexity index is 1310. The molecule has 2 heterocycles. The number of carbonyl (C=O) groups is 2. The van der Waals surface area contributed by atoms with E-state index in [4.69, 9.17) is 9.47 Å². The molecule has 1 amide bonds. The molecule has 0 saturated carbocycles. The molecule has 2 fully saturated rings. The van der Waals surface area contributed by atoms with Crippen LogP contribution >= 0.6 is 0 Å². The van der Waals surface area contributed by atoms with Crippen molar-refractivity contribution >= 4 is 11.9 Å². The third-order valence-electron chi connectivity index (χ3n) is 8.14. The molecule has 2 unspecified atom stereocenters. The summed E-state index contributed by atoms with van der Waals surface area (Å²) in [4.78, 5) is 28.2. The lowest BCUT2D eigenvalue weighted by molar-refractivity contribution is 0.0505. The van der Waals surface area contributed by atoms with E-state index < -0.39 is 23.3 Å². The van der Waals surface area contributed by atoms with Gasteiger partial charge in [0.25, 0.3) is 0 Å². The Hall–Kier alpha value is -3.74. The van der Waals surface area contributed by atoms with Crippen molar-refractivity contribution in [3.8, 4) is 16.9 Å².